The molecule has 3 nitrogen and oxygen atoms in total. The fourth-order valence-corrected chi connectivity index (χ4v) is 7.31. The Morgan fingerprint density at radius 2 is 1.46 bits per heavy atom. The van der Waals surface area contributed by atoms with Crippen LogP contribution in [-0.4, -0.2) is 9.38 Å². The molecule has 0 bridgehead atoms. The van der Waals surface area contributed by atoms with Crippen LogP contribution in [0.5, 0.6) is 0 Å². The summed E-state index contributed by atoms with van der Waals surface area (Å²) in [5.41, 5.74) is 12.9. The van der Waals surface area contributed by atoms with E-state index in [9.17, 15) is 0 Å². The molecule has 0 fully saturated rings. The Morgan fingerprint density at radius 1 is 0.707 bits per heavy atom. The average Bonchev–Trinajstić information content (AvgIpc) is 3.29. The molecule has 0 saturated carbocycles. The van der Waals surface area contributed by atoms with Gasteiger partial charge in [0.05, 0.1) is 34.4 Å². The zero-order valence-electron chi connectivity index (χ0n) is 24.6. The fourth-order valence-electron chi connectivity index (χ4n) is 7.31. The summed E-state index contributed by atoms with van der Waals surface area (Å²) in [7, 11) is 2.14. The predicted octanol–water partition coefficient (Wildman–Crippen LogP) is 9.24. The second-order valence-corrected chi connectivity index (χ2v) is 13.1. The van der Waals surface area contributed by atoms with Crippen LogP contribution in [0.2, 0.25) is 0 Å². The van der Waals surface area contributed by atoms with E-state index in [0.29, 0.717) is 0 Å². The zero-order chi connectivity index (χ0) is 28.2. The van der Waals surface area contributed by atoms with Gasteiger partial charge in [0, 0.05) is 10.8 Å². The lowest BCUT2D eigenvalue weighted by molar-refractivity contribution is -0.646. The highest BCUT2D eigenvalue weighted by atomic mass is 15.0. The normalized spacial score (nSPS) is 12.7. The van der Waals surface area contributed by atoms with Crippen molar-refractivity contribution < 1.29 is 4.57 Å². The van der Waals surface area contributed by atoms with Crippen molar-refractivity contribution in [3.63, 3.8) is 0 Å². The molecular weight excluding hydrogens is 498 g/mol. The third kappa shape index (κ3) is 3.38. The fraction of sp³-hybridized carbons (Fsp3) is 0.211. The van der Waals surface area contributed by atoms with E-state index in [1.165, 1.54) is 82.2 Å². The van der Waals surface area contributed by atoms with Crippen LogP contribution in [0.3, 0.4) is 0 Å². The van der Waals surface area contributed by atoms with Gasteiger partial charge in [-0.05, 0) is 87.5 Å². The molecule has 0 atom stereocenters. The molecule has 8 rings (SSSR count). The van der Waals surface area contributed by atoms with Crippen molar-refractivity contribution in [2.75, 3.05) is 0 Å². The first-order valence-corrected chi connectivity index (χ1v) is 14.6. The van der Waals surface area contributed by atoms with Crippen LogP contribution in [0, 0.1) is 19.3 Å². The molecule has 0 N–H and O–H groups in total. The highest BCUT2D eigenvalue weighted by Gasteiger charge is 2.26. The summed E-state index contributed by atoms with van der Waals surface area (Å²) < 4.78 is 4.78. The number of benzene rings is 5. The van der Waals surface area contributed by atoms with Crippen LogP contribution in [0.1, 0.15) is 37.5 Å². The molecule has 200 valence electrons. The number of nitrogens with zero attached hydrogens (tertiary/aromatic N) is 3. The van der Waals surface area contributed by atoms with Crippen LogP contribution in [0.4, 0.5) is 0 Å². The van der Waals surface area contributed by atoms with Crippen molar-refractivity contribution in [1.82, 2.24) is 9.38 Å². The molecule has 0 aliphatic carbocycles. The number of aromatic nitrogens is 3. The third-order valence-corrected chi connectivity index (χ3v) is 9.03. The molecule has 0 aliphatic rings. The van der Waals surface area contributed by atoms with E-state index in [1.807, 2.05) is 6.33 Å². The molecule has 3 heteroatoms. The Bertz CT molecular complexity index is 2330. The van der Waals surface area contributed by atoms with E-state index in [0.717, 1.165) is 11.9 Å². The summed E-state index contributed by atoms with van der Waals surface area (Å²) >= 11 is 0. The summed E-state index contributed by atoms with van der Waals surface area (Å²) in [6.45, 7) is 11.6. The first-order chi connectivity index (χ1) is 19.7. The van der Waals surface area contributed by atoms with Gasteiger partial charge in [-0.1, -0.05) is 81.4 Å². The molecule has 5 aromatic carbocycles. The van der Waals surface area contributed by atoms with Crippen molar-refractivity contribution in [2.45, 2.75) is 41.0 Å². The second-order valence-electron chi connectivity index (χ2n) is 13.1. The number of aryl methyl sites for hydroxylation is 3. The standard InChI is InChI=1S/C38H34N3/c1-22-30-18-24(20-38(3,4)5)12-14-27(30)23(2)35-33(22)37-34-31(39-21-40(37)6)17-16-29-28-15-13-26(25-10-8-7-9-11-25)19-32(28)41(35)36(29)34/h7-19,21H,20H2,1-6H3/q+1. The lowest BCUT2D eigenvalue weighted by Crippen LogP contribution is -2.30. The highest BCUT2D eigenvalue weighted by molar-refractivity contribution is 6.28. The molecule has 0 amide bonds. The maximum absolute atomic E-state index is 4.89. The highest BCUT2D eigenvalue weighted by Crippen LogP contribution is 2.44. The zero-order valence-corrected chi connectivity index (χ0v) is 24.6. The molecule has 3 heterocycles. The maximum atomic E-state index is 4.89. The number of hydrogen-bond acceptors (Lipinski definition) is 1. The summed E-state index contributed by atoms with van der Waals surface area (Å²) in [6, 6.07) is 29.3. The number of rotatable bonds is 2. The smallest absolute Gasteiger partial charge is 0.287 e. The van der Waals surface area contributed by atoms with Gasteiger partial charge in [-0.2, -0.15) is 0 Å². The van der Waals surface area contributed by atoms with E-state index in [1.54, 1.807) is 0 Å². The van der Waals surface area contributed by atoms with Gasteiger partial charge in [0.1, 0.15) is 5.52 Å². The summed E-state index contributed by atoms with van der Waals surface area (Å²) in [5.74, 6) is 0. The van der Waals surface area contributed by atoms with Gasteiger partial charge < -0.3 is 4.40 Å². The number of hydrogen-bond donors (Lipinski definition) is 0. The largest absolute Gasteiger partial charge is 0.307 e. The first-order valence-electron chi connectivity index (χ1n) is 14.6. The van der Waals surface area contributed by atoms with Gasteiger partial charge in [0.25, 0.3) is 6.33 Å². The molecule has 8 aromatic rings. The minimum atomic E-state index is 0.236. The maximum Gasteiger partial charge on any atom is 0.287 e. The Labute approximate surface area is 240 Å². The van der Waals surface area contributed by atoms with Crippen LogP contribution in [0.25, 0.3) is 71.0 Å². The predicted molar refractivity (Wildman–Crippen MR) is 173 cm³/mol. The summed E-state index contributed by atoms with van der Waals surface area (Å²) in [5, 5.41) is 7.81. The summed E-state index contributed by atoms with van der Waals surface area (Å²) in [4.78, 5) is 4.89. The number of fused-ring (bicyclic) bond motifs is 7. The van der Waals surface area contributed by atoms with Gasteiger partial charge in [0.2, 0.25) is 0 Å². The Hall–Kier alpha value is -4.50. The van der Waals surface area contributed by atoms with Gasteiger partial charge >= 0.3 is 0 Å². The first kappa shape index (κ1) is 24.3. The lowest BCUT2D eigenvalue weighted by atomic mass is 9.86. The Balaban J connectivity index is 1.63. The molecule has 41 heavy (non-hydrogen) atoms. The van der Waals surface area contributed by atoms with Gasteiger partial charge in [-0.15, -0.1) is 0 Å². The van der Waals surface area contributed by atoms with Gasteiger partial charge in [0.15, 0.2) is 5.52 Å². The average molecular weight is 533 g/mol. The molecule has 3 aromatic heterocycles. The van der Waals surface area contributed by atoms with Gasteiger partial charge in [-0.25, -0.2) is 4.57 Å². The second kappa shape index (κ2) is 8.27. The van der Waals surface area contributed by atoms with E-state index in [-0.39, 0.29) is 5.41 Å². The molecular formula is C38H34N3+. The minimum absolute atomic E-state index is 0.236. The van der Waals surface area contributed by atoms with Gasteiger partial charge in [-0.3, -0.25) is 0 Å². The van der Waals surface area contributed by atoms with Crippen LogP contribution in [-0.2, 0) is 13.5 Å². The van der Waals surface area contributed by atoms with Crippen LogP contribution in [0.15, 0.2) is 85.2 Å². The van der Waals surface area contributed by atoms with Crippen molar-refractivity contribution in [1.29, 1.82) is 0 Å². The Morgan fingerprint density at radius 3 is 2.24 bits per heavy atom. The molecule has 0 radical (unpaired) electrons. The minimum Gasteiger partial charge on any atom is -0.307 e. The van der Waals surface area contributed by atoms with Crippen molar-refractivity contribution in [3.8, 4) is 11.1 Å². The van der Waals surface area contributed by atoms with Crippen molar-refractivity contribution >= 4 is 59.9 Å². The Kier molecular flexibility index (Phi) is 4.90. The van der Waals surface area contributed by atoms with Crippen LogP contribution < -0.4 is 4.57 Å². The van der Waals surface area contributed by atoms with E-state index >= 15 is 0 Å². The lowest BCUT2D eigenvalue weighted by Gasteiger charge is -2.21. The summed E-state index contributed by atoms with van der Waals surface area (Å²) in [6.07, 6.45) is 3.04. The topological polar surface area (TPSA) is 21.2 Å². The van der Waals surface area contributed by atoms with Crippen molar-refractivity contribution in [3.05, 3.63) is 102 Å². The molecule has 0 saturated heterocycles. The number of pyridine rings is 1. The van der Waals surface area contributed by atoms with Crippen LogP contribution >= 0.6 is 0 Å². The molecule has 0 spiro atoms. The monoisotopic (exact) mass is 532 g/mol. The molecule has 0 unspecified atom stereocenters. The quantitative estimate of drug-likeness (QED) is 0.123. The van der Waals surface area contributed by atoms with E-state index in [2.05, 4.69) is 129 Å². The third-order valence-electron chi connectivity index (χ3n) is 9.03. The van der Waals surface area contributed by atoms with E-state index in [4.69, 9.17) is 4.98 Å². The van der Waals surface area contributed by atoms with E-state index < -0.39 is 0 Å². The van der Waals surface area contributed by atoms with Crippen molar-refractivity contribution in [2.24, 2.45) is 12.5 Å². The molecule has 0 aliphatic heterocycles. The SMILES string of the molecule is Cc1c2cc(CC(C)(C)C)ccc2c(C)c2c1c1c3c(ccc4c5ccc(-c6ccccc6)cc5n2c43)nc[n+]1C.